The number of hydrogen-bond acceptors (Lipinski definition) is 2. The Kier molecular flexibility index (Phi) is 4.03. The Morgan fingerprint density at radius 1 is 1.05 bits per heavy atom. The lowest BCUT2D eigenvalue weighted by atomic mass is 10.1. The van der Waals surface area contributed by atoms with Crippen molar-refractivity contribution in [2.24, 2.45) is 0 Å². The van der Waals surface area contributed by atoms with E-state index in [4.69, 9.17) is 5.26 Å². The Morgan fingerprint density at radius 2 is 1.74 bits per heavy atom. The van der Waals surface area contributed by atoms with Gasteiger partial charge in [0.15, 0.2) is 0 Å². The summed E-state index contributed by atoms with van der Waals surface area (Å²) in [5, 5.41) is 8.73. The lowest BCUT2D eigenvalue weighted by Gasteiger charge is -2.03. The topological polar surface area (TPSA) is 40.9 Å². The molecule has 2 rings (SSSR count). The number of halogens is 2. The highest BCUT2D eigenvalue weighted by atomic mass is 32.2. The van der Waals surface area contributed by atoms with E-state index < -0.39 is 22.4 Å². The summed E-state index contributed by atoms with van der Waals surface area (Å²) in [6, 6.07) is 11.0. The highest BCUT2D eigenvalue weighted by Gasteiger charge is 2.08. The van der Waals surface area contributed by atoms with E-state index >= 15 is 0 Å². The highest BCUT2D eigenvalue weighted by Crippen LogP contribution is 2.15. The Labute approximate surface area is 111 Å². The molecule has 0 radical (unpaired) electrons. The summed E-state index contributed by atoms with van der Waals surface area (Å²) in [4.78, 5) is 0.462. The Bertz CT molecular complexity index is 662. The van der Waals surface area contributed by atoms with Crippen LogP contribution >= 0.6 is 0 Å². The van der Waals surface area contributed by atoms with E-state index in [2.05, 4.69) is 0 Å². The molecule has 0 saturated heterocycles. The second-order valence-electron chi connectivity index (χ2n) is 3.90. The van der Waals surface area contributed by atoms with E-state index in [0.717, 1.165) is 6.07 Å². The van der Waals surface area contributed by atoms with Crippen molar-refractivity contribution in [1.29, 1.82) is 5.26 Å². The van der Waals surface area contributed by atoms with Crippen molar-refractivity contribution in [3.8, 4) is 6.07 Å². The van der Waals surface area contributed by atoms with Crippen LogP contribution in [0.2, 0.25) is 0 Å². The second-order valence-corrected chi connectivity index (χ2v) is 5.35. The zero-order chi connectivity index (χ0) is 13.8. The highest BCUT2D eigenvalue weighted by molar-refractivity contribution is 7.84. The van der Waals surface area contributed by atoms with Gasteiger partial charge in [-0.2, -0.15) is 5.26 Å². The van der Waals surface area contributed by atoms with Gasteiger partial charge in [-0.25, -0.2) is 8.78 Å². The number of rotatable bonds is 3. The van der Waals surface area contributed by atoms with E-state index in [-0.39, 0.29) is 11.3 Å². The van der Waals surface area contributed by atoms with Gasteiger partial charge in [0.05, 0.1) is 28.2 Å². The molecule has 5 heteroatoms. The summed E-state index contributed by atoms with van der Waals surface area (Å²) >= 11 is 0. The molecule has 2 nitrogen and oxygen atoms in total. The third kappa shape index (κ3) is 3.46. The van der Waals surface area contributed by atoms with Gasteiger partial charge in [-0.15, -0.1) is 0 Å². The van der Waals surface area contributed by atoms with Crippen LogP contribution in [-0.2, 0) is 16.6 Å². The first kappa shape index (κ1) is 13.4. The van der Waals surface area contributed by atoms with Gasteiger partial charge in [-0.05, 0) is 48.0 Å². The maximum Gasteiger partial charge on any atom is 0.124 e. The van der Waals surface area contributed by atoms with Crippen LogP contribution in [0.15, 0.2) is 47.4 Å². The first-order chi connectivity index (χ1) is 9.08. The van der Waals surface area contributed by atoms with Gasteiger partial charge in [0.2, 0.25) is 0 Å². The van der Waals surface area contributed by atoms with Crippen molar-refractivity contribution >= 4 is 10.8 Å². The van der Waals surface area contributed by atoms with Crippen LogP contribution in [0, 0.1) is 23.0 Å². The van der Waals surface area contributed by atoms with Crippen LogP contribution in [0.25, 0.3) is 0 Å². The SMILES string of the molecule is N#Cc1cc(F)cc(CS(=O)c2ccc(F)cc2)c1. The molecule has 0 amide bonds. The minimum atomic E-state index is -1.40. The van der Waals surface area contributed by atoms with Crippen LogP contribution in [0.3, 0.4) is 0 Å². The first-order valence-electron chi connectivity index (χ1n) is 5.42. The molecule has 0 N–H and O–H groups in total. The third-order valence-electron chi connectivity index (χ3n) is 2.46. The van der Waals surface area contributed by atoms with E-state index in [9.17, 15) is 13.0 Å². The largest absolute Gasteiger partial charge is 0.254 e. The van der Waals surface area contributed by atoms with Crippen molar-refractivity contribution in [2.75, 3.05) is 0 Å². The van der Waals surface area contributed by atoms with Gasteiger partial charge < -0.3 is 0 Å². The number of nitriles is 1. The van der Waals surface area contributed by atoms with Crippen molar-refractivity contribution in [3.05, 3.63) is 65.2 Å². The quantitative estimate of drug-likeness (QED) is 0.864. The minimum Gasteiger partial charge on any atom is -0.254 e. The molecule has 96 valence electrons. The molecule has 0 aliphatic rings. The summed E-state index contributed by atoms with van der Waals surface area (Å²) in [5.41, 5.74) is 0.658. The zero-order valence-corrected chi connectivity index (χ0v) is 10.6. The molecule has 0 aliphatic heterocycles. The molecule has 1 atom stereocenters. The fourth-order valence-electron chi connectivity index (χ4n) is 1.62. The lowest BCUT2D eigenvalue weighted by molar-refractivity contribution is 0.625. The van der Waals surface area contributed by atoms with Crippen molar-refractivity contribution in [2.45, 2.75) is 10.6 Å². The van der Waals surface area contributed by atoms with Crippen molar-refractivity contribution in [3.63, 3.8) is 0 Å². The fraction of sp³-hybridized carbons (Fsp3) is 0.0714. The molecule has 0 aromatic heterocycles. The van der Waals surface area contributed by atoms with Crippen LogP contribution in [0.4, 0.5) is 8.78 Å². The van der Waals surface area contributed by atoms with Gasteiger partial charge in [-0.1, -0.05) is 0 Å². The maximum atomic E-state index is 13.2. The maximum absolute atomic E-state index is 13.2. The fourth-order valence-corrected chi connectivity index (χ4v) is 2.70. The molecule has 0 bridgehead atoms. The normalized spacial score (nSPS) is 11.8. The molecule has 0 aliphatic carbocycles. The summed E-state index contributed by atoms with van der Waals surface area (Å²) in [7, 11) is -1.40. The third-order valence-corrected chi connectivity index (χ3v) is 3.85. The number of nitrogens with zero attached hydrogens (tertiary/aromatic N) is 1. The molecule has 2 aromatic carbocycles. The Morgan fingerprint density at radius 3 is 2.37 bits per heavy atom. The van der Waals surface area contributed by atoms with Crippen LogP contribution in [0.1, 0.15) is 11.1 Å². The predicted molar refractivity (Wildman–Crippen MR) is 67.6 cm³/mol. The average molecular weight is 277 g/mol. The molecule has 0 fully saturated rings. The second kappa shape index (κ2) is 5.72. The van der Waals surface area contributed by atoms with Gasteiger partial charge >= 0.3 is 0 Å². The molecular weight excluding hydrogens is 268 g/mol. The van der Waals surface area contributed by atoms with Crippen molar-refractivity contribution in [1.82, 2.24) is 0 Å². The molecule has 0 saturated carbocycles. The standard InChI is InChI=1S/C14H9F2NOS/c15-12-1-3-14(4-2-12)19(18)9-11-5-10(8-17)6-13(16)7-11/h1-7H,9H2. The van der Waals surface area contributed by atoms with E-state index in [1.54, 1.807) is 0 Å². The molecule has 0 spiro atoms. The van der Waals surface area contributed by atoms with Gasteiger partial charge in [0.25, 0.3) is 0 Å². The molecular formula is C14H9F2NOS. The summed E-state index contributed by atoms with van der Waals surface area (Å²) in [5.74, 6) is -0.860. The monoisotopic (exact) mass is 277 g/mol. The average Bonchev–Trinajstić information content (AvgIpc) is 2.38. The van der Waals surface area contributed by atoms with E-state index in [1.165, 1.54) is 36.4 Å². The predicted octanol–water partition coefficient (Wildman–Crippen LogP) is 3.14. The number of hydrogen-bond donors (Lipinski definition) is 0. The summed E-state index contributed by atoms with van der Waals surface area (Å²) in [6.45, 7) is 0. The zero-order valence-electron chi connectivity index (χ0n) is 9.77. The number of benzene rings is 2. The van der Waals surface area contributed by atoms with Gasteiger partial charge in [0, 0.05) is 4.90 Å². The first-order valence-corrected chi connectivity index (χ1v) is 6.74. The molecule has 19 heavy (non-hydrogen) atoms. The molecule has 2 aromatic rings. The molecule has 0 heterocycles. The summed E-state index contributed by atoms with van der Waals surface area (Å²) < 4.78 is 38.0. The van der Waals surface area contributed by atoms with Crippen LogP contribution < -0.4 is 0 Å². The lowest BCUT2D eigenvalue weighted by Crippen LogP contribution is -1.98. The van der Waals surface area contributed by atoms with Crippen molar-refractivity contribution < 1.29 is 13.0 Å². The van der Waals surface area contributed by atoms with E-state index in [1.807, 2.05) is 6.07 Å². The summed E-state index contributed by atoms with van der Waals surface area (Å²) in [6.07, 6.45) is 0. The Hall–Kier alpha value is -2.06. The minimum absolute atomic E-state index is 0.0814. The van der Waals surface area contributed by atoms with Gasteiger partial charge in [-0.3, -0.25) is 4.21 Å². The van der Waals surface area contributed by atoms with Gasteiger partial charge in [0.1, 0.15) is 11.6 Å². The van der Waals surface area contributed by atoms with Crippen LogP contribution in [0.5, 0.6) is 0 Å². The van der Waals surface area contributed by atoms with Crippen LogP contribution in [-0.4, -0.2) is 4.21 Å². The molecule has 1 unspecified atom stereocenters. The Balaban J connectivity index is 2.22. The van der Waals surface area contributed by atoms with E-state index in [0.29, 0.717) is 10.5 Å². The smallest absolute Gasteiger partial charge is 0.124 e.